The van der Waals surface area contributed by atoms with E-state index in [1.807, 2.05) is 0 Å². The predicted octanol–water partition coefficient (Wildman–Crippen LogP) is 1.18. The normalized spacial score (nSPS) is 17.7. The van der Waals surface area contributed by atoms with Crippen molar-refractivity contribution < 1.29 is 4.79 Å². The molecule has 19 heavy (non-hydrogen) atoms. The Balaban J connectivity index is 1.95. The summed E-state index contributed by atoms with van der Waals surface area (Å²) in [4.78, 5) is 14.3. The molecule has 106 valence electrons. The predicted molar refractivity (Wildman–Crippen MR) is 76.7 cm³/mol. The molecule has 2 rings (SSSR count). The lowest BCUT2D eigenvalue weighted by atomic mass is 9.96. The summed E-state index contributed by atoms with van der Waals surface area (Å²) < 4.78 is 0. The number of likely N-dealkylation sites (N-methyl/N-ethyl adjacent to an activating group) is 1. The van der Waals surface area contributed by atoms with Crippen LogP contribution < -0.4 is 10.6 Å². The van der Waals surface area contributed by atoms with Gasteiger partial charge in [-0.2, -0.15) is 0 Å². The van der Waals surface area contributed by atoms with E-state index in [-0.39, 0.29) is 11.4 Å². The van der Waals surface area contributed by atoms with E-state index in [1.165, 1.54) is 24.2 Å². The number of hydrogen-bond donors (Lipinski definition) is 2. The molecule has 1 aromatic rings. The third kappa shape index (κ3) is 3.03. The number of carbonyl (C=O) groups excluding carboxylic acids is 1. The van der Waals surface area contributed by atoms with Gasteiger partial charge in [-0.15, -0.1) is 10.2 Å². The van der Waals surface area contributed by atoms with Crippen LogP contribution in [0.25, 0.3) is 0 Å². The van der Waals surface area contributed by atoms with Crippen molar-refractivity contribution in [3.8, 4) is 0 Å². The molecule has 0 spiro atoms. The van der Waals surface area contributed by atoms with E-state index in [2.05, 4.69) is 39.8 Å². The minimum Gasteiger partial charge on any atom is -0.363 e. The van der Waals surface area contributed by atoms with Crippen LogP contribution in [0.2, 0.25) is 0 Å². The maximum atomic E-state index is 12.0. The van der Waals surface area contributed by atoms with Gasteiger partial charge in [0.1, 0.15) is 0 Å². The van der Waals surface area contributed by atoms with E-state index >= 15 is 0 Å². The average Bonchev–Trinajstić information content (AvgIpc) is 3.05. The molecule has 0 radical (unpaired) electrons. The second-order valence-corrected chi connectivity index (χ2v) is 6.15. The largest absolute Gasteiger partial charge is 0.363 e. The van der Waals surface area contributed by atoms with Crippen LogP contribution in [-0.2, 0) is 0 Å². The van der Waals surface area contributed by atoms with Crippen LogP contribution in [0.4, 0.5) is 5.13 Å². The first-order valence-electron chi connectivity index (χ1n) is 6.54. The third-order valence-corrected chi connectivity index (χ3v) is 4.83. The quantitative estimate of drug-likeness (QED) is 0.849. The molecule has 1 amide bonds. The average molecular weight is 283 g/mol. The standard InChI is InChI=1S/C12H21N5OS/c1-13-11-16-15-10(19-11)9(18)14-8-12(17(2)3)6-4-5-7-12/h4-8H2,1-3H3,(H,13,16)(H,14,18). The van der Waals surface area contributed by atoms with E-state index < -0.39 is 0 Å². The molecule has 0 atom stereocenters. The zero-order valence-corrected chi connectivity index (χ0v) is 12.5. The third-order valence-electron chi connectivity index (χ3n) is 3.89. The number of nitrogens with zero attached hydrogens (tertiary/aromatic N) is 3. The topological polar surface area (TPSA) is 70.1 Å². The highest BCUT2D eigenvalue weighted by Gasteiger charge is 2.36. The summed E-state index contributed by atoms with van der Waals surface area (Å²) in [6.07, 6.45) is 4.74. The molecule has 2 N–H and O–H groups in total. The Morgan fingerprint density at radius 3 is 2.58 bits per heavy atom. The van der Waals surface area contributed by atoms with Crippen LogP contribution in [-0.4, -0.2) is 54.2 Å². The summed E-state index contributed by atoms with van der Waals surface area (Å²) in [6, 6.07) is 0. The molecular weight excluding hydrogens is 262 g/mol. The highest BCUT2D eigenvalue weighted by atomic mass is 32.1. The van der Waals surface area contributed by atoms with E-state index in [1.54, 1.807) is 7.05 Å². The summed E-state index contributed by atoms with van der Waals surface area (Å²) >= 11 is 1.27. The fourth-order valence-electron chi connectivity index (χ4n) is 2.55. The summed E-state index contributed by atoms with van der Waals surface area (Å²) in [5.41, 5.74) is 0.103. The van der Waals surface area contributed by atoms with Crippen molar-refractivity contribution in [1.82, 2.24) is 20.4 Å². The van der Waals surface area contributed by atoms with Gasteiger partial charge >= 0.3 is 0 Å². The minimum absolute atomic E-state index is 0.103. The molecule has 0 aliphatic heterocycles. The van der Waals surface area contributed by atoms with E-state index in [9.17, 15) is 4.79 Å². The van der Waals surface area contributed by atoms with Gasteiger partial charge in [0.2, 0.25) is 10.1 Å². The molecule has 1 heterocycles. The molecular formula is C12H21N5OS. The van der Waals surface area contributed by atoms with E-state index in [0.717, 1.165) is 12.8 Å². The van der Waals surface area contributed by atoms with Crippen molar-refractivity contribution >= 4 is 22.4 Å². The zero-order chi connectivity index (χ0) is 13.9. The van der Waals surface area contributed by atoms with Gasteiger partial charge in [-0.1, -0.05) is 24.2 Å². The minimum atomic E-state index is -0.132. The first kappa shape index (κ1) is 14.2. The van der Waals surface area contributed by atoms with Gasteiger partial charge in [0.15, 0.2) is 0 Å². The lowest BCUT2D eigenvalue weighted by Gasteiger charge is -2.36. The fraction of sp³-hybridized carbons (Fsp3) is 0.750. The molecule has 0 aromatic carbocycles. The molecule has 0 unspecified atom stereocenters. The number of aromatic nitrogens is 2. The summed E-state index contributed by atoms with van der Waals surface area (Å²) in [5, 5.41) is 14.7. The summed E-state index contributed by atoms with van der Waals surface area (Å²) in [6.45, 7) is 0.674. The maximum absolute atomic E-state index is 12.0. The molecule has 0 bridgehead atoms. The number of anilines is 1. The van der Waals surface area contributed by atoms with Crippen molar-refractivity contribution in [2.75, 3.05) is 33.0 Å². The first-order valence-corrected chi connectivity index (χ1v) is 7.36. The molecule has 7 heteroatoms. The molecule has 1 fully saturated rings. The fourth-order valence-corrected chi connectivity index (χ4v) is 3.17. The number of rotatable bonds is 5. The van der Waals surface area contributed by atoms with Gasteiger partial charge in [0.05, 0.1) is 0 Å². The molecule has 1 aliphatic carbocycles. The molecule has 1 aromatic heterocycles. The van der Waals surface area contributed by atoms with Gasteiger partial charge in [-0.3, -0.25) is 4.79 Å². The lowest BCUT2D eigenvalue weighted by molar-refractivity contribution is 0.0899. The first-order chi connectivity index (χ1) is 9.07. The van der Waals surface area contributed by atoms with Crippen molar-refractivity contribution in [2.45, 2.75) is 31.2 Å². The van der Waals surface area contributed by atoms with Gasteiger partial charge in [-0.05, 0) is 26.9 Å². The number of amides is 1. The van der Waals surface area contributed by atoms with Crippen LogP contribution in [0.5, 0.6) is 0 Å². The zero-order valence-electron chi connectivity index (χ0n) is 11.7. The molecule has 1 aliphatic rings. The van der Waals surface area contributed by atoms with Crippen molar-refractivity contribution in [2.24, 2.45) is 0 Å². The van der Waals surface area contributed by atoms with Gasteiger partial charge in [-0.25, -0.2) is 0 Å². The SMILES string of the molecule is CNc1nnc(C(=O)NCC2(N(C)C)CCCC2)s1. The van der Waals surface area contributed by atoms with Crippen LogP contribution >= 0.6 is 11.3 Å². The Labute approximate surface area is 117 Å². The van der Waals surface area contributed by atoms with Crippen molar-refractivity contribution in [3.05, 3.63) is 5.01 Å². The molecule has 0 saturated heterocycles. The van der Waals surface area contributed by atoms with Crippen LogP contribution in [0.15, 0.2) is 0 Å². The van der Waals surface area contributed by atoms with Crippen molar-refractivity contribution in [1.29, 1.82) is 0 Å². The number of carbonyl (C=O) groups is 1. The highest BCUT2D eigenvalue weighted by Crippen LogP contribution is 2.33. The Morgan fingerprint density at radius 2 is 2.05 bits per heavy atom. The van der Waals surface area contributed by atoms with Crippen LogP contribution in [0.3, 0.4) is 0 Å². The number of nitrogens with one attached hydrogen (secondary N) is 2. The van der Waals surface area contributed by atoms with Gasteiger partial charge in [0, 0.05) is 19.1 Å². The van der Waals surface area contributed by atoms with Crippen molar-refractivity contribution in [3.63, 3.8) is 0 Å². The molecule has 6 nitrogen and oxygen atoms in total. The molecule has 1 saturated carbocycles. The number of hydrogen-bond acceptors (Lipinski definition) is 6. The van der Waals surface area contributed by atoms with E-state index in [0.29, 0.717) is 16.7 Å². The maximum Gasteiger partial charge on any atom is 0.282 e. The van der Waals surface area contributed by atoms with Crippen LogP contribution in [0, 0.1) is 0 Å². The Bertz CT molecular complexity index is 439. The Hall–Kier alpha value is -1.21. The van der Waals surface area contributed by atoms with Crippen LogP contribution in [0.1, 0.15) is 35.5 Å². The van der Waals surface area contributed by atoms with Gasteiger partial charge < -0.3 is 15.5 Å². The Morgan fingerprint density at radius 1 is 1.37 bits per heavy atom. The Kier molecular flexibility index (Phi) is 4.36. The van der Waals surface area contributed by atoms with E-state index in [4.69, 9.17) is 0 Å². The lowest BCUT2D eigenvalue weighted by Crippen LogP contribution is -2.50. The smallest absolute Gasteiger partial charge is 0.282 e. The van der Waals surface area contributed by atoms with Gasteiger partial charge in [0.25, 0.3) is 5.91 Å². The summed E-state index contributed by atoms with van der Waals surface area (Å²) in [7, 11) is 5.94. The monoisotopic (exact) mass is 283 g/mol. The second kappa shape index (κ2) is 5.83. The highest BCUT2D eigenvalue weighted by molar-refractivity contribution is 7.17. The summed E-state index contributed by atoms with van der Waals surface area (Å²) in [5.74, 6) is -0.132. The second-order valence-electron chi connectivity index (χ2n) is 5.17.